The minimum Gasteiger partial charge on any atom is -0.494 e. The maximum absolute atomic E-state index is 13.8. The number of hydrogen-bond donors (Lipinski definition) is 1. The number of halogens is 2. The molecule has 1 aromatic carbocycles. The largest absolute Gasteiger partial charge is 0.494 e. The number of aromatic amines is 1. The molecule has 1 N–H and O–H groups in total. The van der Waals surface area contributed by atoms with Crippen LogP contribution >= 0.6 is 0 Å². The van der Waals surface area contributed by atoms with Gasteiger partial charge in [0.2, 0.25) is 0 Å². The maximum atomic E-state index is 13.8. The number of aryl methyl sites for hydroxylation is 1. The molecule has 1 aliphatic carbocycles. The van der Waals surface area contributed by atoms with Gasteiger partial charge in [0.15, 0.2) is 0 Å². The molecule has 1 aromatic heterocycles. The molecule has 0 radical (unpaired) electrons. The van der Waals surface area contributed by atoms with Crippen LogP contribution < -0.4 is 16.0 Å². The fourth-order valence-corrected chi connectivity index (χ4v) is 2.44. The third-order valence-corrected chi connectivity index (χ3v) is 3.60. The zero-order chi connectivity index (χ0) is 14.6. The lowest BCUT2D eigenvalue weighted by Crippen LogP contribution is -2.31. The number of aromatic nitrogens is 2. The van der Waals surface area contributed by atoms with Gasteiger partial charge in [-0.25, -0.2) is 13.6 Å². The van der Waals surface area contributed by atoms with Gasteiger partial charge >= 0.3 is 5.69 Å². The molecule has 1 fully saturated rings. The Balaban J connectivity index is 2.54. The summed E-state index contributed by atoms with van der Waals surface area (Å²) in [6, 6.07) is 0.462. The Morgan fingerprint density at radius 1 is 1.45 bits per heavy atom. The molecule has 2 atom stereocenters. The van der Waals surface area contributed by atoms with E-state index in [1.165, 1.54) is 14.0 Å². The molecule has 2 aromatic rings. The number of nitrogens with zero attached hydrogens (tertiary/aromatic N) is 1. The van der Waals surface area contributed by atoms with E-state index >= 15 is 0 Å². The SMILES string of the molecule is COc1cc(F)c(C)c2c(=O)[nH]c(=O)n(C3CC3F)c12. The maximum Gasteiger partial charge on any atom is 0.329 e. The normalized spacial score (nSPS) is 21.2. The number of nitrogens with one attached hydrogen (secondary N) is 1. The van der Waals surface area contributed by atoms with Gasteiger partial charge in [0, 0.05) is 12.5 Å². The van der Waals surface area contributed by atoms with Crippen molar-refractivity contribution in [2.45, 2.75) is 25.6 Å². The first-order chi connectivity index (χ1) is 9.45. The number of hydrogen-bond acceptors (Lipinski definition) is 3. The molecule has 1 heterocycles. The van der Waals surface area contributed by atoms with E-state index in [-0.39, 0.29) is 28.6 Å². The van der Waals surface area contributed by atoms with Crippen LogP contribution in [0.2, 0.25) is 0 Å². The molecule has 7 heteroatoms. The third kappa shape index (κ3) is 1.65. The second-order valence-corrected chi connectivity index (χ2v) is 4.86. The van der Waals surface area contributed by atoms with Crippen molar-refractivity contribution in [2.24, 2.45) is 0 Å². The van der Waals surface area contributed by atoms with Gasteiger partial charge in [-0.15, -0.1) is 0 Å². The second kappa shape index (κ2) is 4.16. The van der Waals surface area contributed by atoms with E-state index in [1.807, 2.05) is 0 Å². The molecular formula is C13H12F2N2O3. The summed E-state index contributed by atoms with van der Waals surface area (Å²) in [6.07, 6.45) is -0.947. The number of alkyl halides is 1. The Bertz CT molecular complexity index is 825. The number of methoxy groups -OCH3 is 1. The second-order valence-electron chi connectivity index (χ2n) is 4.86. The molecule has 0 amide bonds. The van der Waals surface area contributed by atoms with Crippen molar-refractivity contribution < 1.29 is 13.5 Å². The van der Waals surface area contributed by atoms with E-state index in [9.17, 15) is 18.4 Å². The zero-order valence-corrected chi connectivity index (χ0v) is 10.9. The number of H-pyrrole nitrogens is 1. The summed E-state index contributed by atoms with van der Waals surface area (Å²) < 4.78 is 33.3. The first-order valence-corrected chi connectivity index (χ1v) is 6.11. The molecular weight excluding hydrogens is 270 g/mol. The first kappa shape index (κ1) is 12.8. The third-order valence-electron chi connectivity index (χ3n) is 3.60. The molecule has 3 rings (SSSR count). The van der Waals surface area contributed by atoms with Crippen LogP contribution in [0.25, 0.3) is 10.9 Å². The van der Waals surface area contributed by atoms with E-state index in [1.54, 1.807) is 0 Å². The summed E-state index contributed by atoms with van der Waals surface area (Å²) in [4.78, 5) is 26.0. The fourth-order valence-electron chi connectivity index (χ4n) is 2.44. The highest BCUT2D eigenvalue weighted by atomic mass is 19.1. The van der Waals surface area contributed by atoms with E-state index in [0.29, 0.717) is 0 Å². The number of fused-ring (bicyclic) bond motifs is 1. The molecule has 106 valence electrons. The summed E-state index contributed by atoms with van der Waals surface area (Å²) in [5.74, 6) is -0.567. The Morgan fingerprint density at radius 2 is 2.10 bits per heavy atom. The van der Waals surface area contributed by atoms with Gasteiger partial charge in [-0.3, -0.25) is 14.3 Å². The highest BCUT2D eigenvalue weighted by Gasteiger charge is 2.41. The van der Waals surface area contributed by atoms with Crippen molar-refractivity contribution >= 4 is 10.9 Å². The number of rotatable bonds is 2. The Morgan fingerprint density at radius 3 is 2.65 bits per heavy atom. The molecule has 0 saturated heterocycles. The molecule has 5 nitrogen and oxygen atoms in total. The molecule has 2 unspecified atom stereocenters. The first-order valence-electron chi connectivity index (χ1n) is 6.11. The zero-order valence-electron chi connectivity index (χ0n) is 10.9. The average molecular weight is 282 g/mol. The van der Waals surface area contributed by atoms with Crippen LogP contribution in [0.15, 0.2) is 15.7 Å². The highest BCUT2D eigenvalue weighted by Crippen LogP contribution is 2.41. The van der Waals surface area contributed by atoms with Crippen molar-refractivity contribution in [1.29, 1.82) is 0 Å². The van der Waals surface area contributed by atoms with E-state index in [2.05, 4.69) is 4.98 Å². The predicted octanol–water partition coefficient (Wildman–Crippen LogP) is 1.43. The van der Waals surface area contributed by atoms with Crippen LogP contribution in [-0.4, -0.2) is 22.8 Å². The monoisotopic (exact) mass is 282 g/mol. The lowest BCUT2D eigenvalue weighted by Gasteiger charge is -2.14. The molecule has 0 bridgehead atoms. The van der Waals surface area contributed by atoms with Gasteiger partial charge in [0.25, 0.3) is 5.56 Å². The smallest absolute Gasteiger partial charge is 0.329 e. The molecule has 0 aliphatic heterocycles. The fraction of sp³-hybridized carbons (Fsp3) is 0.385. The lowest BCUT2D eigenvalue weighted by molar-refractivity contribution is 0.408. The summed E-state index contributed by atoms with van der Waals surface area (Å²) in [7, 11) is 1.30. The van der Waals surface area contributed by atoms with Crippen LogP contribution in [0.1, 0.15) is 18.0 Å². The van der Waals surface area contributed by atoms with Crippen LogP contribution in [0.4, 0.5) is 8.78 Å². The van der Waals surface area contributed by atoms with Crippen molar-refractivity contribution in [1.82, 2.24) is 9.55 Å². The minimum absolute atomic E-state index is 0.0144. The van der Waals surface area contributed by atoms with Gasteiger partial charge in [-0.2, -0.15) is 0 Å². The topological polar surface area (TPSA) is 64.1 Å². The quantitative estimate of drug-likeness (QED) is 0.906. The average Bonchev–Trinajstić information content (AvgIpc) is 3.09. The number of ether oxygens (including phenoxy) is 1. The molecule has 1 saturated carbocycles. The summed E-state index contributed by atoms with van der Waals surface area (Å²) in [5, 5.41) is 0.0144. The molecule has 20 heavy (non-hydrogen) atoms. The van der Waals surface area contributed by atoms with Crippen LogP contribution in [0.3, 0.4) is 0 Å². The minimum atomic E-state index is -1.14. The number of benzene rings is 1. The summed E-state index contributed by atoms with van der Waals surface area (Å²) >= 11 is 0. The lowest BCUT2D eigenvalue weighted by atomic mass is 10.1. The Hall–Kier alpha value is -2.18. The van der Waals surface area contributed by atoms with Gasteiger partial charge in [0.05, 0.1) is 18.5 Å². The summed E-state index contributed by atoms with van der Waals surface area (Å²) in [5.41, 5.74) is -1.17. The Labute approximate surface area is 111 Å². The van der Waals surface area contributed by atoms with Crippen LogP contribution in [0, 0.1) is 12.7 Å². The standard InChI is InChI=1S/C13H12F2N2O3/c1-5-6(14)4-9(20-2)11-10(5)12(18)16-13(19)17(11)8-3-7(8)15/h4,7-8H,3H2,1-2H3,(H,16,18,19). The van der Waals surface area contributed by atoms with E-state index in [4.69, 9.17) is 4.74 Å². The van der Waals surface area contributed by atoms with Crippen LogP contribution in [0.5, 0.6) is 5.75 Å². The van der Waals surface area contributed by atoms with Crippen molar-refractivity contribution in [3.8, 4) is 5.75 Å². The molecule has 0 spiro atoms. The van der Waals surface area contributed by atoms with Crippen LogP contribution in [-0.2, 0) is 0 Å². The van der Waals surface area contributed by atoms with Crippen molar-refractivity contribution in [2.75, 3.05) is 7.11 Å². The van der Waals surface area contributed by atoms with Gasteiger partial charge in [-0.1, -0.05) is 0 Å². The predicted molar refractivity (Wildman–Crippen MR) is 68.6 cm³/mol. The highest BCUT2D eigenvalue weighted by molar-refractivity contribution is 5.87. The van der Waals surface area contributed by atoms with Gasteiger partial charge < -0.3 is 4.74 Å². The van der Waals surface area contributed by atoms with E-state index in [0.717, 1.165) is 10.6 Å². The summed E-state index contributed by atoms with van der Waals surface area (Å²) in [6.45, 7) is 1.43. The van der Waals surface area contributed by atoms with Crippen molar-refractivity contribution in [3.63, 3.8) is 0 Å². The van der Waals surface area contributed by atoms with Crippen molar-refractivity contribution in [3.05, 3.63) is 38.3 Å². The Kier molecular flexibility index (Phi) is 2.67. The van der Waals surface area contributed by atoms with Gasteiger partial charge in [-0.05, 0) is 12.5 Å². The van der Waals surface area contributed by atoms with Gasteiger partial charge in [0.1, 0.15) is 23.3 Å². The van der Waals surface area contributed by atoms with E-state index < -0.39 is 29.3 Å². The molecule has 1 aliphatic rings.